The van der Waals surface area contributed by atoms with Gasteiger partial charge in [0.1, 0.15) is 6.10 Å². The van der Waals surface area contributed by atoms with E-state index in [9.17, 15) is 9.59 Å². The fourth-order valence-corrected chi connectivity index (χ4v) is 3.49. The number of tetrazole rings is 1. The molecule has 0 saturated carbocycles. The minimum atomic E-state index is -0.308. The van der Waals surface area contributed by atoms with E-state index in [0.717, 1.165) is 18.5 Å². The largest absolute Gasteiger partial charge is 0.368 e. The average molecular weight is 385 g/mol. The quantitative estimate of drug-likeness (QED) is 0.839. The Balaban J connectivity index is 1.34. The lowest BCUT2D eigenvalue weighted by Crippen LogP contribution is -2.53. The van der Waals surface area contributed by atoms with Gasteiger partial charge in [-0.05, 0) is 48.4 Å². The van der Waals surface area contributed by atoms with Gasteiger partial charge < -0.3 is 19.9 Å². The maximum Gasteiger partial charge on any atom is 0.321 e. The second kappa shape index (κ2) is 7.93. The van der Waals surface area contributed by atoms with E-state index >= 15 is 0 Å². The first-order chi connectivity index (χ1) is 13.6. The lowest BCUT2D eigenvalue weighted by atomic mass is 10.2. The van der Waals surface area contributed by atoms with E-state index in [0.29, 0.717) is 44.3 Å². The van der Waals surface area contributed by atoms with Crippen LogP contribution in [0.4, 0.5) is 10.5 Å². The predicted octanol–water partition coefficient (Wildman–Crippen LogP) is 0.826. The highest BCUT2D eigenvalue weighted by atomic mass is 16.5. The van der Waals surface area contributed by atoms with Crippen molar-refractivity contribution in [1.82, 2.24) is 30.0 Å². The molecule has 1 aromatic carbocycles. The molecule has 3 amide bonds. The van der Waals surface area contributed by atoms with Gasteiger partial charge in [-0.3, -0.25) is 4.79 Å². The number of ether oxygens (including phenoxy) is 1. The van der Waals surface area contributed by atoms with Crippen molar-refractivity contribution in [3.05, 3.63) is 30.1 Å². The maximum absolute atomic E-state index is 12.6. The highest BCUT2D eigenvalue weighted by Crippen LogP contribution is 2.18. The maximum atomic E-state index is 12.6. The molecule has 2 aliphatic heterocycles. The molecule has 2 fully saturated rings. The van der Waals surface area contributed by atoms with Crippen LogP contribution >= 0.6 is 0 Å². The third-order valence-corrected chi connectivity index (χ3v) is 5.05. The molecule has 1 aromatic heterocycles. The Morgan fingerprint density at radius 1 is 1.18 bits per heavy atom. The van der Waals surface area contributed by atoms with Crippen LogP contribution in [-0.4, -0.2) is 80.8 Å². The Bertz CT molecular complexity index is 854. The molecule has 10 nitrogen and oxygen atoms in total. The monoisotopic (exact) mass is 385 g/mol. The second-order valence-electron chi connectivity index (χ2n) is 6.93. The molecule has 2 aromatic rings. The van der Waals surface area contributed by atoms with Gasteiger partial charge in [-0.1, -0.05) is 6.07 Å². The number of hydrogen-bond donors (Lipinski definition) is 1. The number of aromatic nitrogens is 4. The van der Waals surface area contributed by atoms with Crippen LogP contribution in [0.25, 0.3) is 5.69 Å². The molecule has 28 heavy (non-hydrogen) atoms. The molecule has 1 N–H and O–H groups in total. The number of piperazine rings is 1. The van der Waals surface area contributed by atoms with Gasteiger partial charge in [-0.15, -0.1) is 5.10 Å². The van der Waals surface area contributed by atoms with E-state index in [2.05, 4.69) is 20.8 Å². The molecule has 0 aliphatic carbocycles. The molecule has 3 heterocycles. The summed E-state index contributed by atoms with van der Waals surface area (Å²) in [4.78, 5) is 28.5. The number of anilines is 1. The average Bonchev–Trinajstić information content (AvgIpc) is 3.39. The number of amides is 3. The van der Waals surface area contributed by atoms with Gasteiger partial charge in [-0.2, -0.15) is 4.68 Å². The first kappa shape index (κ1) is 18.4. The number of carbonyl (C=O) groups excluding carboxylic acids is 2. The lowest BCUT2D eigenvalue weighted by molar-refractivity contribution is -0.142. The van der Waals surface area contributed by atoms with Gasteiger partial charge in [-0.25, -0.2) is 4.79 Å². The van der Waals surface area contributed by atoms with E-state index in [1.807, 2.05) is 31.2 Å². The zero-order valence-corrected chi connectivity index (χ0v) is 15.7. The molecular weight excluding hydrogens is 362 g/mol. The van der Waals surface area contributed by atoms with Crippen LogP contribution in [0, 0.1) is 6.92 Å². The fourth-order valence-electron chi connectivity index (χ4n) is 3.49. The van der Waals surface area contributed by atoms with Crippen molar-refractivity contribution in [3.63, 3.8) is 0 Å². The molecule has 1 atom stereocenters. The second-order valence-corrected chi connectivity index (χ2v) is 6.93. The summed E-state index contributed by atoms with van der Waals surface area (Å²) in [5.41, 5.74) is 1.43. The van der Waals surface area contributed by atoms with E-state index < -0.39 is 0 Å². The predicted molar refractivity (Wildman–Crippen MR) is 100 cm³/mol. The molecule has 4 rings (SSSR count). The number of nitrogens with one attached hydrogen (secondary N) is 1. The highest BCUT2D eigenvalue weighted by Gasteiger charge is 2.31. The number of aryl methyl sites for hydroxylation is 1. The van der Waals surface area contributed by atoms with Crippen molar-refractivity contribution in [1.29, 1.82) is 0 Å². The molecule has 2 aliphatic rings. The van der Waals surface area contributed by atoms with Crippen LogP contribution in [0.1, 0.15) is 18.7 Å². The van der Waals surface area contributed by atoms with Crippen LogP contribution in [-0.2, 0) is 9.53 Å². The number of rotatable bonds is 3. The summed E-state index contributed by atoms with van der Waals surface area (Å²) in [6.07, 6.45) is 1.41. The Morgan fingerprint density at radius 2 is 1.96 bits per heavy atom. The summed E-state index contributed by atoms with van der Waals surface area (Å²) in [6, 6.07) is 7.16. The Morgan fingerprint density at radius 3 is 2.64 bits per heavy atom. The summed E-state index contributed by atoms with van der Waals surface area (Å²) in [5, 5.41) is 14.4. The molecule has 148 valence electrons. The summed E-state index contributed by atoms with van der Waals surface area (Å²) in [5.74, 6) is 0.706. The zero-order valence-electron chi connectivity index (χ0n) is 15.7. The van der Waals surface area contributed by atoms with Crippen LogP contribution in [0.15, 0.2) is 24.3 Å². The number of urea groups is 1. The normalized spacial score (nSPS) is 19.7. The SMILES string of the molecule is Cc1nnnn1-c1cccc(NC(=O)N2CCN(C(=O)C3CCCO3)CC2)c1. The summed E-state index contributed by atoms with van der Waals surface area (Å²) < 4.78 is 7.07. The summed E-state index contributed by atoms with van der Waals surface area (Å²) >= 11 is 0. The Hall–Kier alpha value is -3.01. The lowest BCUT2D eigenvalue weighted by Gasteiger charge is -2.35. The van der Waals surface area contributed by atoms with E-state index in [-0.39, 0.29) is 18.0 Å². The topological polar surface area (TPSA) is 105 Å². The first-order valence-electron chi connectivity index (χ1n) is 9.43. The minimum Gasteiger partial charge on any atom is -0.368 e. The van der Waals surface area contributed by atoms with Crippen molar-refractivity contribution in [3.8, 4) is 5.69 Å². The summed E-state index contributed by atoms with van der Waals surface area (Å²) in [6.45, 7) is 4.50. The van der Waals surface area contributed by atoms with Crippen LogP contribution in [0.2, 0.25) is 0 Å². The van der Waals surface area contributed by atoms with E-state index in [4.69, 9.17) is 4.74 Å². The molecule has 10 heteroatoms. The van der Waals surface area contributed by atoms with Gasteiger partial charge in [0.25, 0.3) is 5.91 Å². The summed E-state index contributed by atoms with van der Waals surface area (Å²) in [7, 11) is 0. The molecule has 0 spiro atoms. The fraction of sp³-hybridized carbons (Fsp3) is 0.500. The number of benzene rings is 1. The van der Waals surface area contributed by atoms with Crippen molar-refractivity contribution in [2.24, 2.45) is 0 Å². The number of nitrogens with zero attached hydrogens (tertiary/aromatic N) is 6. The Labute approximate surface area is 162 Å². The Kier molecular flexibility index (Phi) is 5.20. The van der Waals surface area contributed by atoms with Crippen molar-refractivity contribution >= 4 is 17.6 Å². The van der Waals surface area contributed by atoms with Gasteiger partial charge >= 0.3 is 6.03 Å². The standard InChI is InChI=1S/C18H23N7O3/c1-13-20-21-22-25(13)15-5-2-4-14(12-15)19-18(27)24-9-7-23(8-10-24)17(26)16-6-3-11-28-16/h2,4-5,12,16H,3,6-11H2,1H3,(H,19,27). The minimum absolute atomic E-state index is 0.0436. The van der Waals surface area contributed by atoms with Crippen LogP contribution in [0.3, 0.4) is 0 Å². The smallest absolute Gasteiger partial charge is 0.321 e. The van der Waals surface area contributed by atoms with Gasteiger partial charge in [0, 0.05) is 38.5 Å². The van der Waals surface area contributed by atoms with Crippen LogP contribution in [0.5, 0.6) is 0 Å². The van der Waals surface area contributed by atoms with E-state index in [1.54, 1.807) is 14.5 Å². The van der Waals surface area contributed by atoms with Crippen LogP contribution < -0.4 is 5.32 Å². The van der Waals surface area contributed by atoms with Crippen molar-refractivity contribution in [2.75, 3.05) is 38.1 Å². The third-order valence-electron chi connectivity index (χ3n) is 5.05. The number of carbonyl (C=O) groups is 2. The molecule has 1 unspecified atom stereocenters. The molecule has 0 radical (unpaired) electrons. The van der Waals surface area contributed by atoms with Crippen molar-refractivity contribution < 1.29 is 14.3 Å². The van der Waals surface area contributed by atoms with Crippen molar-refractivity contribution in [2.45, 2.75) is 25.9 Å². The molecule has 0 bridgehead atoms. The zero-order chi connectivity index (χ0) is 19.5. The van der Waals surface area contributed by atoms with E-state index in [1.165, 1.54) is 0 Å². The van der Waals surface area contributed by atoms with Gasteiger partial charge in [0.05, 0.1) is 5.69 Å². The van der Waals surface area contributed by atoms with Gasteiger partial charge in [0.15, 0.2) is 5.82 Å². The van der Waals surface area contributed by atoms with Gasteiger partial charge in [0.2, 0.25) is 0 Å². The third kappa shape index (κ3) is 3.81. The molecular formula is C18H23N7O3. The number of hydrogen-bond acceptors (Lipinski definition) is 6. The highest BCUT2D eigenvalue weighted by molar-refractivity contribution is 5.90. The first-order valence-corrected chi connectivity index (χ1v) is 9.43. The molecule has 2 saturated heterocycles.